The molecule has 1 aromatic rings. The highest BCUT2D eigenvalue weighted by Crippen LogP contribution is 2.11. The first kappa shape index (κ1) is 10.7. The molecule has 2 heterocycles. The van der Waals surface area contributed by atoms with Gasteiger partial charge in [-0.2, -0.15) is 4.98 Å². The minimum Gasteiger partial charge on any atom is -0.368 e. The van der Waals surface area contributed by atoms with Crippen molar-refractivity contribution in [2.24, 2.45) is 0 Å². The SMILES string of the molecule is CC(=O)N1CCCN(c2n[nH]c(N)n2)CC1. The van der Waals surface area contributed by atoms with E-state index in [-0.39, 0.29) is 5.91 Å². The topological polar surface area (TPSA) is 91.1 Å². The molecule has 1 aromatic heterocycles. The van der Waals surface area contributed by atoms with Crippen LogP contribution in [0.1, 0.15) is 13.3 Å². The van der Waals surface area contributed by atoms with Crippen molar-refractivity contribution in [3.8, 4) is 0 Å². The van der Waals surface area contributed by atoms with Crippen LogP contribution in [0.5, 0.6) is 0 Å². The van der Waals surface area contributed by atoms with E-state index in [9.17, 15) is 4.79 Å². The summed E-state index contributed by atoms with van der Waals surface area (Å²) in [5, 5.41) is 6.63. The molecule has 7 nitrogen and oxygen atoms in total. The van der Waals surface area contributed by atoms with Crippen LogP contribution in [0.4, 0.5) is 11.9 Å². The van der Waals surface area contributed by atoms with Crippen molar-refractivity contribution in [2.45, 2.75) is 13.3 Å². The van der Waals surface area contributed by atoms with Crippen molar-refractivity contribution in [3.05, 3.63) is 0 Å². The lowest BCUT2D eigenvalue weighted by Crippen LogP contribution is -2.33. The molecule has 0 aromatic carbocycles. The lowest BCUT2D eigenvalue weighted by atomic mass is 10.4. The molecule has 0 spiro atoms. The Labute approximate surface area is 93.6 Å². The standard InChI is InChI=1S/C9H16N6O/c1-7(16)14-3-2-4-15(6-5-14)9-11-8(10)12-13-9/h2-6H2,1H3,(H3,10,11,12,13). The van der Waals surface area contributed by atoms with Gasteiger partial charge in [0.25, 0.3) is 0 Å². The molecule has 0 aliphatic carbocycles. The molecule has 1 saturated heterocycles. The second-order valence-electron chi connectivity index (χ2n) is 3.87. The predicted octanol–water partition coefficient (Wildman–Crippen LogP) is -0.554. The van der Waals surface area contributed by atoms with Crippen LogP contribution in [0.15, 0.2) is 0 Å². The van der Waals surface area contributed by atoms with Gasteiger partial charge in [0.1, 0.15) is 0 Å². The largest absolute Gasteiger partial charge is 0.368 e. The van der Waals surface area contributed by atoms with Crippen molar-refractivity contribution < 1.29 is 4.79 Å². The van der Waals surface area contributed by atoms with Gasteiger partial charge in [-0.05, 0) is 6.42 Å². The number of rotatable bonds is 1. The smallest absolute Gasteiger partial charge is 0.246 e. The number of anilines is 2. The summed E-state index contributed by atoms with van der Waals surface area (Å²) in [6.45, 7) is 4.70. The van der Waals surface area contributed by atoms with Gasteiger partial charge in [-0.1, -0.05) is 0 Å². The Morgan fingerprint density at radius 1 is 1.38 bits per heavy atom. The maximum absolute atomic E-state index is 11.2. The third-order valence-corrected chi connectivity index (χ3v) is 2.71. The van der Waals surface area contributed by atoms with E-state index >= 15 is 0 Å². The van der Waals surface area contributed by atoms with E-state index in [2.05, 4.69) is 15.2 Å². The van der Waals surface area contributed by atoms with E-state index < -0.39 is 0 Å². The Morgan fingerprint density at radius 2 is 2.19 bits per heavy atom. The van der Waals surface area contributed by atoms with Crippen molar-refractivity contribution in [1.29, 1.82) is 0 Å². The minimum absolute atomic E-state index is 0.122. The molecule has 0 saturated carbocycles. The Bertz CT molecular complexity index is 376. The number of carbonyl (C=O) groups excluding carboxylic acids is 1. The quantitative estimate of drug-likeness (QED) is 0.667. The Morgan fingerprint density at radius 3 is 2.81 bits per heavy atom. The van der Waals surface area contributed by atoms with Crippen LogP contribution in [-0.4, -0.2) is 52.2 Å². The first-order valence-electron chi connectivity index (χ1n) is 5.35. The number of nitrogens with two attached hydrogens (primary N) is 1. The highest BCUT2D eigenvalue weighted by molar-refractivity contribution is 5.73. The molecule has 88 valence electrons. The number of aromatic amines is 1. The fourth-order valence-electron chi connectivity index (χ4n) is 1.84. The lowest BCUT2D eigenvalue weighted by Gasteiger charge is -2.19. The molecule has 2 rings (SSSR count). The van der Waals surface area contributed by atoms with Crippen LogP contribution in [0.3, 0.4) is 0 Å². The van der Waals surface area contributed by atoms with Gasteiger partial charge in [0.15, 0.2) is 0 Å². The molecule has 7 heteroatoms. The molecule has 16 heavy (non-hydrogen) atoms. The Balaban J connectivity index is 2.01. The third-order valence-electron chi connectivity index (χ3n) is 2.71. The van der Waals surface area contributed by atoms with Gasteiger partial charge in [-0.25, -0.2) is 5.10 Å². The zero-order valence-corrected chi connectivity index (χ0v) is 9.31. The number of nitrogens with zero attached hydrogens (tertiary/aromatic N) is 4. The summed E-state index contributed by atoms with van der Waals surface area (Å²) in [4.78, 5) is 19.2. The number of hydrogen-bond donors (Lipinski definition) is 2. The van der Waals surface area contributed by atoms with Gasteiger partial charge in [0.2, 0.25) is 17.8 Å². The first-order chi connectivity index (χ1) is 7.66. The van der Waals surface area contributed by atoms with Gasteiger partial charge in [0.05, 0.1) is 0 Å². The normalized spacial score (nSPS) is 17.3. The molecule has 1 fully saturated rings. The summed E-state index contributed by atoms with van der Waals surface area (Å²) in [6, 6.07) is 0. The summed E-state index contributed by atoms with van der Waals surface area (Å²) in [6.07, 6.45) is 0.925. The van der Waals surface area contributed by atoms with Crippen molar-refractivity contribution in [3.63, 3.8) is 0 Å². The molecule has 1 aliphatic heterocycles. The average Bonchev–Trinajstić information content (AvgIpc) is 2.54. The first-order valence-corrected chi connectivity index (χ1v) is 5.35. The van der Waals surface area contributed by atoms with Gasteiger partial charge in [-0.3, -0.25) is 4.79 Å². The fourth-order valence-corrected chi connectivity index (χ4v) is 1.84. The van der Waals surface area contributed by atoms with Crippen LogP contribution in [0.2, 0.25) is 0 Å². The number of nitrogens with one attached hydrogen (secondary N) is 1. The summed E-state index contributed by atoms with van der Waals surface area (Å²) >= 11 is 0. The van der Waals surface area contributed by atoms with Crippen LogP contribution in [0.25, 0.3) is 0 Å². The van der Waals surface area contributed by atoms with E-state index in [1.165, 1.54) is 0 Å². The van der Waals surface area contributed by atoms with Crippen molar-refractivity contribution >= 4 is 17.8 Å². The van der Waals surface area contributed by atoms with Crippen LogP contribution < -0.4 is 10.6 Å². The molecule has 1 aliphatic rings. The van der Waals surface area contributed by atoms with Gasteiger partial charge < -0.3 is 15.5 Å². The molecule has 0 bridgehead atoms. The van der Waals surface area contributed by atoms with E-state index in [1.54, 1.807) is 6.92 Å². The average molecular weight is 224 g/mol. The summed E-state index contributed by atoms with van der Waals surface area (Å²) in [5.74, 6) is 1.06. The number of nitrogen functional groups attached to an aromatic ring is 1. The van der Waals surface area contributed by atoms with E-state index in [0.29, 0.717) is 18.4 Å². The number of amides is 1. The van der Waals surface area contributed by atoms with Crippen LogP contribution in [0, 0.1) is 0 Å². The number of hydrogen-bond acceptors (Lipinski definition) is 5. The lowest BCUT2D eigenvalue weighted by molar-refractivity contribution is -0.128. The molecule has 0 radical (unpaired) electrons. The second kappa shape index (κ2) is 4.38. The van der Waals surface area contributed by atoms with Gasteiger partial charge >= 0.3 is 0 Å². The maximum Gasteiger partial charge on any atom is 0.246 e. The second-order valence-corrected chi connectivity index (χ2v) is 3.87. The number of H-pyrrole nitrogens is 1. The van der Waals surface area contributed by atoms with Crippen LogP contribution >= 0.6 is 0 Å². The Hall–Kier alpha value is -1.79. The van der Waals surface area contributed by atoms with Crippen LogP contribution in [-0.2, 0) is 4.79 Å². The van der Waals surface area contributed by atoms with E-state index in [4.69, 9.17) is 5.73 Å². The minimum atomic E-state index is 0.122. The highest BCUT2D eigenvalue weighted by atomic mass is 16.2. The van der Waals surface area contributed by atoms with Gasteiger partial charge in [-0.15, -0.1) is 5.10 Å². The molecular weight excluding hydrogens is 208 g/mol. The monoisotopic (exact) mass is 224 g/mol. The van der Waals surface area contributed by atoms with E-state index in [1.807, 2.05) is 9.80 Å². The maximum atomic E-state index is 11.2. The molecule has 0 atom stereocenters. The molecule has 1 amide bonds. The summed E-state index contributed by atoms with van der Waals surface area (Å²) in [7, 11) is 0. The Kier molecular flexibility index (Phi) is 2.93. The summed E-state index contributed by atoms with van der Waals surface area (Å²) in [5.41, 5.74) is 5.48. The van der Waals surface area contributed by atoms with E-state index in [0.717, 1.165) is 26.1 Å². The zero-order valence-electron chi connectivity index (χ0n) is 9.31. The summed E-state index contributed by atoms with van der Waals surface area (Å²) < 4.78 is 0. The zero-order chi connectivity index (χ0) is 11.5. The van der Waals surface area contributed by atoms with Crippen molar-refractivity contribution in [1.82, 2.24) is 20.1 Å². The highest BCUT2D eigenvalue weighted by Gasteiger charge is 2.18. The predicted molar refractivity (Wildman–Crippen MR) is 59.9 cm³/mol. The van der Waals surface area contributed by atoms with Crippen molar-refractivity contribution in [2.75, 3.05) is 36.8 Å². The number of aromatic nitrogens is 3. The molecule has 3 N–H and O–H groups in total. The third kappa shape index (κ3) is 2.23. The fraction of sp³-hybridized carbons (Fsp3) is 0.667. The molecule has 0 unspecified atom stereocenters. The number of carbonyl (C=O) groups is 1. The van der Waals surface area contributed by atoms with Gasteiger partial charge in [0, 0.05) is 33.1 Å². The molecular formula is C9H16N6O.